The minimum Gasteiger partial charge on any atom is -0.347 e. The Hall–Kier alpha value is -5.26. The number of benzene rings is 3. The van der Waals surface area contributed by atoms with Crippen molar-refractivity contribution >= 4 is 23.5 Å². The minimum atomic E-state index is -4.68. The van der Waals surface area contributed by atoms with Crippen LogP contribution in [0.4, 0.5) is 23.4 Å². The van der Waals surface area contributed by atoms with E-state index in [4.69, 9.17) is 5.10 Å². The van der Waals surface area contributed by atoms with E-state index in [2.05, 4.69) is 10.6 Å². The summed E-state index contributed by atoms with van der Waals surface area (Å²) in [7, 11) is 0. The Morgan fingerprint density at radius 3 is 2.36 bits per heavy atom. The summed E-state index contributed by atoms with van der Waals surface area (Å²) in [6.45, 7) is 3.53. The molecule has 0 aliphatic carbocycles. The van der Waals surface area contributed by atoms with Gasteiger partial charge in [-0.15, -0.1) is 0 Å². The maximum atomic E-state index is 14.2. The largest absolute Gasteiger partial charge is 0.416 e. The van der Waals surface area contributed by atoms with Crippen LogP contribution < -0.4 is 15.5 Å². The predicted molar refractivity (Wildman–Crippen MR) is 159 cm³/mol. The van der Waals surface area contributed by atoms with Crippen LogP contribution >= 0.6 is 0 Å². The third-order valence-electron chi connectivity index (χ3n) is 7.44. The molecule has 2 N–H and O–H groups in total. The van der Waals surface area contributed by atoms with Crippen LogP contribution in [0, 0.1) is 5.82 Å². The van der Waals surface area contributed by atoms with E-state index in [0.717, 1.165) is 12.1 Å². The number of anilines is 1. The summed E-state index contributed by atoms with van der Waals surface area (Å²) >= 11 is 0. The number of hydrogen-bond donors (Lipinski definition) is 2. The van der Waals surface area contributed by atoms with E-state index < -0.39 is 41.3 Å². The molecule has 45 heavy (non-hydrogen) atoms. The number of para-hydroxylation sites is 1. The number of nitrogens with one attached hydrogen (secondary N) is 2. The van der Waals surface area contributed by atoms with Gasteiger partial charge in [0, 0.05) is 23.6 Å². The van der Waals surface area contributed by atoms with Crippen LogP contribution in [-0.2, 0) is 22.3 Å². The molecular weight excluding hydrogens is 590 g/mol. The molecule has 1 aromatic heterocycles. The van der Waals surface area contributed by atoms with Gasteiger partial charge in [-0.25, -0.2) is 9.07 Å². The Bertz CT molecular complexity index is 1750. The molecule has 2 heterocycles. The number of halogens is 4. The standard InChI is InChI=1S/C33H29F4N5O3/c1-3-9-26(43)38-19-25-28-27(20-14-16-23(34)17-15-20)29(39-30(44)21-10-8-11-22(18-21)33(35,36)37)32(45)41(4-2)31(28)42(40-25)24-12-6-5-7-13-24/h3,5-18,27,29H,4,19H2,1-2H3,(H,38,43)(H,39,44)/b9-3+/t27-,29-/m0/s1. The van der Waals surface area contributed by atoms with Gasteiger partial charge in [-0.3, -0.25) is 19.3 Å². The maximum absolute atomic E-state index is 14.2. The van der Waals surface area contributed by atoms with E-state index in [-0.39, 0.29) is 24.6 Å². The third kappa shape index (κ3) is 6.35. The Morgan fingerprint density at radius 1 is 1.00 bits per heavy atom. The second-order valence-corrected chi connectivity index (χ2v) is 10.3. The molecule has 0 spiro atoms. The molecule has 0 radical (unpaired) electrons. The highest BCUT2D eigenvalue weighted by atomic mass is 19.4. The molecular formula is C33H29F4N5O3. The van der Waals surface area contributed by atoms with Crippen LogP contribution in [0.3, 0.4) is 0 Å². The van der Waals surface area contributed by atoms with Crippen molar-refractivity contribution in [1.29, 1.82) is 0 Å². The van der Waals surface area contributed by atoms with Gasteiger partial charge in [0.05, 0.1) is 23.5 Å². The molecule has 8 nitrogen and oxygen atoms in total. The van der Waals surface area contributed by atoms with Crippen molar-refractivity contribution in [2.75, 3.05) is 11.4 Å². The number of rotatable bonds is 8. The second-order valence-electron chi connectivity index (χ2n) is 10.3. The van der Waals surface area contributed by atoms with Crippen molar-refractivity contribution in [2.45, 2.75) is 38.5 Å². The molecule has 1 aliphatic rings. The average molecular weight is 620 g/mol. The van der Waals surface area contributed by atoms with Crippen molar-refractivity contribution in [2.24, 2.45) is 0 Å². The third-order valence-corrected chi connectivity index (χ3v) is 7.44. The molecule has 0 saturated heterocycles. The van der Waals surface area contributed by atoms with Crippen molar-refractivity contribution in [3.05, 3.63) is 125 Å². The molecule has 3 aromatic carbocycles. The first-order valence-electron chi connectivity index (χ1n) is 14.2. The highest BCUT2D eigenvalue weighted by Gasteiger charge is 2.46. The van der Waals surface area contributed by atoms with Crippen LogP contribution in [0.1, 0.15) is 52.5 Å². The lowest BCUT2D eigenvalue weighted by atomic mass is 9.80. The molecule has 232 valence electrons. The van der Waals surface area contributed by atoms with Gasteiger partial charge < -0.3 is 10.6 Å². The first kappa shape index (κ1) is 31.2. The highest BCUT2D eigenvalue weighted by Crippen LogP contribution is 2.43. The zero-order valence-corrected chi connectivity index (χ0v) is 24.3. The average Bonchev–Trinajstić information content (AvgIpc) is 3.40. The van der Waals surface area contributed by atoms with E-state index in [1.54, 1.807) is 48.9 Å². The molecule has 0 fully saturated rings. The first-order valence-corrected chi connectivity index (χ1v) is 14.2. The summed E-state index contributed by atoms with van der Waals surface area (Å²) in [6, 6.07) is 17.0. The number of nitrogens with zero attached hydrogens (tertiary/aromatic N) is 3. The van der Waals surface area contributed by atoms with Gasteiger partial charge in [0.1, 0.15) is 17.7 Å². The molecule has 0 unspecified atom stereocenters. The first-order chi connectivity index (χ1) is 21.5. The molecule has 1 aliphatic heterocycles. The highest BCUT2D eigenvalue weighted by molar-refractivity contribution is 6.05. The summed E-state index contributed by atoms with van der Waals surface area (Å²) in [5, 5.41) is 10.3. The molecule has 2 atom stereocenters. The number of likely N-dealkylation sites (N-methyl/N-ethyl adjacent to an activating group) is 1. The number of allylic oxidation sites excluding steroid dienone is 1. The van der Waals surface area contributed by atoms with Crippen LogP contribution in [0.5, 0.6) is 0 Å². The smallest absolute Gasteiger partial charge is 0.347 e. The van der Waals surface area contributed by atoms with Crippen LogP contribution in [0.15, 0.2) is 91.0 Å². The molecule has 4 aromatic rings. The summed E-state index contributed by atoms with van der Waals surface area (Å²) in [4.78, 5) is 41.6. The van der Waals surface area contributed by atoms with Gasteiger partial charge in [0.2, 0.25) is 5.91 Å². The molecule has 0 bridgehead atoms. The summed E-state index contributed by atoms with van der Waals surface area (Å²) in [5.74, 6) is -2.91. The van der Waals surface area contributed by atoms with Crippen molar-refractivity contribution in [1.82, 2.24) is 20.4 Å². The van der Waals surface area contributed by atoms with Crippen LogP contribution in [0.25, 0.3) is 5.69 Å². The fourth-order valence-electron chi connectivity index (χ4n) is 5.43. The van der Waals surface area contributed by atoms with E-state index in [0.29, 0.717) is 34.4 Å². The molecule has 0 saturated carbocycles. The van der Waals surface area contributed by atoms with Crippen molar-refractivity contribution in [3.8, 4) is 5.69 Å². The van der Waals surface area contributed by atoms with E-state index in [9.17, 15) is 31.9 Å². The van der Waals surface area contributed by atoms with E-state index >= 15 is 0 Å². The lowest BCUT2D eigenvalue weighted by Gasteiger charge is -2.38. The molecule has 5 rings (SSSR count). The minimum absolute atomic E-state index is 0.0525. The number of carbonyl (C=O) groups excluding carboxylic acids is 3. The van der Waals surface area contributed by atoms with Crippen molar-refractivity contribution < 1.29 is 31.9 Å². The zero-order valence-electron chi connectivity index (χ0n) is 24.3. The van der Waals surface area contributed by atoms with Gasteiger partial charge in [0.25, 0.3) is 11.8 Å². The Labute approximate surface area is 256 Å². The van der Waals surface area contributed by atoms with Crippen LogP contribution in [-0.4, -0.2) is 40.1 Å². The van der Waals surface area contributed by atoms with Gasteiger partial charge in [-0.05, 0) is 68.0 Å². The van der Waals surface area contributed by atoms with Gasteiger partial charge in [-0.2, -0.15) is 18.3 Å². The molecule has 3 amide bonds. The second kappa shape index (κ2) is 12.8. The zero-order chi connectivity index (χ0) is 32.3. The summed E-state index contributed by atoms with van der Waals surface area (Å²) < 4.78 is 55.9. The quantitative estimate of drug-likeness (QED) is 0.201. The molecule has 12 heteroatoms. The maximum Gasteiger partial charge on any atom is 0.416 e. The number of alkyl halides is 3. The normalized spacial score (nSPS) is 16.5. The number of fused-ring (bicyclic) bond motifs is 1. The number of hydrogen-bond acceptors (Lipinski definition) is 4. The van der Waals surface area contributed by atoms with Gasteiger partial charge in [-0.1, -0.05) is 42.5 Å². The van der Waals surface area contributed by atoms with Crippen LogP contribution in [0.2, 0.25) is 0 Å². The fraction of sp³-hybridized carbons (Fsp3) is 0.212. The topological polar surface area (TPSA) is 96.3 Å². The van der Waals surface area contributed by atoms with Crippen molar-refractivity contribution in [3.63, 3.8) is 0 Å². The van der Waals surface area contributed by atoms with Gasteiger partial charge >= 0.3 is 6.18 Å². The summed E-state index contributed by atoms with van der Waals surface area (Å²) in [6.07, 6.45) is -1.76. The van der Waals surface area contributed by atoms with E-state index in [1.807, 2.05) is 6.07 Å². The van der Waals surface area contributed by atoms with E-state index in [1.165, 1.54) is 41.3 Å². The number of amides is 3. The lowest BCUT2D eigenvalue weighted by molar-refractivity contribution is -0.137. The van der Waals surface area contributed by atoms with Gasteiger partial charge in [0.15, 0.2) is 0 Å². The Balaban J connectivity index is 1.69. The Kier molecular flexibility index (Phi) is 8.84. The summed E-state index contributed by atoms with van der Waals surface area (Å²) in [5.41, 5.74) is 0.636. The Morgan fingerprint density at radius 2 is 1.71 bits per heavy atom. The monoisotopic (exact) mass is 619 g/mol. The predicted octanol–water partition coefficient (Wildman–Crippen LogP) is 5.52. The fourth-order valence-corrected chi connectivity index (χ4v) is 5.43. The lowest BCUT2D eigenvalue weighted by Crippen LogP contribution is -2.55. The number of carbonyl (C=O) groups is 3. The SMILES string of the molecule is C/C=C/C(=O)NCc1nn(-c2ccccc2)c2c1[C@H](c1ccc(F)cc1)[C@H](NC(=O)c1cccc(C(F)(F)F)c1)C(=O)N2CC. The number of aromatic nitrogens is 2.